The van der Waals surface area contributed by atoms with Crippen molar-refractivity contribution in [3.63, 3.8) is 0 Å². The third-order valence-corrected chi connectivity index (χ3v) is 4.09. The molecule has 3 rings (SSSR count). The van der Waals surface area contributed by atoms with Crippen molar-refractivity contribution in [2.75, 3.05) is 31.1 Å². The van der Waals surface area contributed by atoms with Crippen LogP contribution in [-0.4, -0.2) is 31.2 Å². The summed E-state index contributed by atoms with van der Waals surface area (Å²) in [6.07, 6.45) is 3.74. The zero-order valence-electron chi connectivity index (χ0n) is 8.49. The monoisotopic (exact) mass is 267 g/mol. The lowest BCUT2D eigenvalue weighted by Crippen LogP contribution is -2.25. The Labute approximate surface area is 98.0 Å². The Bertz CT molecular complexity index is 357. The van der Waals surface area contributed by atoms with Gasteiger partial charge in [-0.1, -0.05) is 0 Å². The maximum atomic E-state index is 4.10. The lowest BCUT2D eigenvalue weighted by atomic mass is 10.0. The summed E-state index contributed by atoms with van der Waals surface area (Å²) in [6, 6.07) is 2.10. The number of nitrogens with zero attached hydrogens (tertiary/aromatic N) is 2. The highest BCUT2D eigenvalue weighted by Gasteiger charge is 2.36. The van der Waals surface area contributed by atoms with E-state index in [-0.39, 0.29) is 0 Å². The van der Waals surface area contributed by atoms with E-state index in [4.69, 9.17) is 0 Å². The second-order valence-electron chi connectivity index (χ2n) is 4.41. The van der Waals surface area contributed by atoms with Gasteiger partial charge in [0.05, 0.1) is 10.2 Å². The van der Waals surface area contributed by atoms with Crippen molar-refractivity contribution >= 4 is 21.6 Å². The van der Waals surface area contributed by atoms with Crippen LogP contribution in [0.3, 0.4) is 0 Å². The van der Waals surface area contributed by atoms with E-state index >= 15 is 0 Å². The molecule has 1 aromatic heterocycles. The summed E-state index contributed by atoms with van der Waals surface area (Å²) in [7, 11) is 0. The van der Waals surface area contributed by atoms with E-state index in [0.29, 0.717) is 0 Å². The van der Waals surface area contributed by atoms with Crippen molar-refractivity contribution in [3.8, 4) is 0 Å². The van der Waals surface area contributed by atoms with Crippen molar-refractivity contribution < 1.29 is 0 Å². The molecule has 4 heteroatoms. The van der Waals surface area contributed by atoms with Crippen molar-refractivity contribution in [2.45, 2.75) is 0 Å². The quantitative estimate of drug-likeness (QED) is 0.836. The van der Waals surface area contributed by atoms with Crippen LogP contribution < -0.4 is 10.2 Å². The second-order valence-corrected chi connectivity index (χ2v) is 5.26. The highest BCUT2D eigenvalue weighted by atomic mass is 79.9. The van der Waals surface area contributed by atoms with Crippen molar-refractivity contribution in [1.82, 2.24) is 10.3 Å². The zero-order valence-corrected chi connectivity index (χ0v) is 10.1. The lowest BCUT2D eigenvalue weighted by Gasteiger charge is -2.20. The highest BCUT2D eigenvalue weighted by Crippen LogP contribution is 2.33. The number of anilines is 1. The van der Waals surface area contributed by atoms with Crippen LogP contribution >= 0.6 is 15.9 Å². The fourth-order valence-corrected chi connectivity index (χ4v) is 3.18. The van der Waals surface area contributed by atoms with Gasteiger partial charge in [0.15, 0.2) is 0 Å². The molecule has 2 atom stereocenters. The summed E-state index contributed by atoms with van der Waals surface area (Å²) in [5, 5.41) is 3.46. The van der Waals surface area contributed by atoms with Crippen molar-refractivity contribution in [1.29, 1.82) is 0 Å². The number of nitrogens with one attached hydrogen (secondary N) is 1. The van der Waals surface area contributed by atoms with Crippen LogP contribution in [0, 0.1) is 11.8 Å². The van der Waals surface area contributed by atoms with E-state index in [9.17, 15) is 0 Å². The molecular formula is C11H14BrN3. The van der Waals surface area contributed by atoms with Gasteiger partial charge < -0.3 is 10.2 Å². The van der Waals surface area contributed by atoms with Crippen LogP contribution in [0.2, 0.25) is 0 Å². The summed E-state index contributed by atoms with van der Waals surface area (Å²) in [6.45, 7) is 4.73. The molecule has 80 valence electrons. The first kappa shape index (κ1) is 9.60. The SMILES string of the molecule is Brc1cnccc1N1C[C@H]2CNC[C@H]2C1. The molecule has 0 aromatic carbocycles. The van der Waals surface area contributed by atoms with E-state index < -0.39 is 0 Å². The highest BCUT2D eigenvalue weighted by molar-refractivity contribution is 9.10. The van der Waals surface area contributed by atoms with E-state index in [1.54, 1.807) is 0 Å². The summed E-state index contributed by atoms with van der Waals surface area (Å²) in [5.74, 6) is 1.68. The number of pyridine rings is 1. The topological polar surface area (TPSA) is 28.2 Å². The van der Waals surface area contributed by atoms with Crippen molar-refractivity contribution in [3.05, 3.63) is 22.9 Å². The van der Waals surface area contributed by atoms with Crippen molar-refractivity contribution in [2.24, 2.45) is 11.8 Å². The summed E-state index contributed by atoms with van der Waals surface area (Å²) in [4.78, 5) is 6.58. The van der Waals surface area contributed by atoms with E-state index in [1.807, 2.05) is 12.4 Å². The van der Waals surface area contributed by atoms with Gasteiger partial charge in [0.1, 0.15) is 0 Å². The van der Waals surface area contributed by atoms with Gasteiger partial charge in [0.2, 0.25) is 0 Å². The number of halogens is 1. The van der Waals surface area contributed by atoms with Crippen LogP contribution in [0.1, 0.15) is 0 Å². The zero-order chi connectivity index (χ0) is 10.3. The van der Waals surface area contributed by atoms with Crippen LogP contribution in [0.25, 0.3) is 0 Å². The number of fused-ring (bicyclic) bond motifs is 1. The van der Waals surface area contributed by atoms with Gasteiger partial charge in [-0.25, -0.2) is 0 Å². The van der Waals surface area contributed by atoms with E-state index in [2.05, 4.69) is 37.2 Å². The fraction of sp³-hybridized carbons (Fsp3) is 0.545. The Morgan fingerprint density at radius 2 is 2.07 bits per heavy atom. The number of rotatable bonds is 1. The molecule has 0 amide bonds. The molecule has 2 aliphatic rings. The Kier molecular flexibility index (Phi) is 2.41. The molecule has 3 heterocycles. The minimum atomic E-state index is 0.838. The Hall–Kier alpha value is -0.610. The maximum Gasteiger partial charge on any atom is 0.0592 e. The average molecular weight is 268 g/mol. The van der Waals surface area contributed by atoms with E-state index in [1.165, 1.54) is 31.9 Å². The predicted octanol–water partition coefficient (Wildman–Crippen LogP) is 1.50. The summed E-state index contributed by atoms with van der Waals surface area (Å²) >= 11 is 3.57. The molecule has 0 radical (unpaired) electrons. The third kappa shape index (κ3) is 1.66. The normalized spacial score (nSPS) is 29.5. The number of hydrogen-bond donors (Lipinski definition) is 1. The molecule has 0 spiro atoms. The lowest BCUT2D eigenvalue weighted by molar-refractivity contribution is 0.533. The molecule has 0 saturated carbocycles. The van der Waals surface area contributed by atoms with Crippen LogP contribution in [0.4, 0.5) is 5.69 Å². The molecule has 1 N–H and O–H groups in total. The molecule has 3 nitrogen and oxygen atoms in total. The van der Waals surface area contributed by atoms with Crippen LogP contribution in [0.15, 0.2) is 22.9 Å². The minimum Gasteiger partial charge on any atom is -0.370 e. The minimum absolute atomic E-state index is 0.838. The predicted molar refractivity (Wildman–Crippen MR) is 64.0 cm³/mol. The molecule has 0 aliphatic carbocycles. The fourth-order valence-electron chi connectivity index (χ4n) is 2.68. The molecule has 0 unspecified atom stereocenters. The second kappa shape index (κ2) is 3.76. The maximum absolute atomic E-state index is 4.10. The smallest absolute Gasteiger partial charge is 0.0592 e. The Morgan fingerprint density at radius 3 is 2.73 bits per heavy atom. The molecule has 0 bridgehead atoms. The van der Waals surface area contributed by atoms with Crippen LogP contribution in [0.5, 0.6) is 0 Å². The van der Waals surface area contributed by atoms with Gasteiger partial charge in [0, 0.05) is 38.6 Å². The molecule has 2 aliphatic heterocycles. The van der Waals surface area contributed by atoms with Gasteiger partial charge in [0.25, 0.3) is 0 Å². The largest absolute Gasteiger partial charge is 0.370 e. The molecule has 1 aromatic rings. The first-order valence-electron chi connectivity index (χ1n) is 5.40. The average Bonchev–Trinajstić information content (AvgIpc) is 2.77. The molecule has 15 heavy (non-hydrogen) atoms. The summed E-state index contributed by atoms with van der Waals surface area (Å²) < 4.78 is 1.11. The third-order valence-electron chi connectivity index (χ3n) is 3.48. The standard InChI is InChI=1S/C11H14BrN3/c12-10-5-13-2-1-11(10)15-6-8-3-14-4-9(8)7-15/h1-2,5,8-9,14H,3-4,6-7H2/t8-,9+. The number of hydrogen-bond acceptors (Lipinski definition) is 3. The first-order chi connectivity index (χ1) is 7.34. The first-order valence-corrected chi connectivity index (χ1v) is 6.19. The van der Waals surface area contributed by atoms with Gasteiger partial charge in [-0.3, -0.25) is 4.98 Å². The van der Waals surface area contributed by atoms with Gasteiger partial charge in [-0.05, 0) is 33.8 Å². The molecule has 2 saturated heterocycles. The van der Waals surface area contributed by atoms with Gasteiger partial charge >= 0.3 is 0 Å². The molecule has 2 fully saturated rings. The number of aromatic nitrogens is 1. The van der Waals surface area contributed by atoms with Crippen LogP contribution in [-0.2, 0) is 0 Å². The van der Waals surface area contributed by atoms with Gasteiger partial charge in [-0.15, -0.1) is 0 Å². The van der Waals surface area contributed by atoms with E-state index in [0.717, 1.165) is 16.3 Å². The van der Waals surface area contributed by atoms with Gasteiger partial charge in [-0.2, -0.15) is 0 Å². The Morgan fingerprint density at radius 1 is 1.33 bits per heavy atom. The Balaban J connectivity index is 1.82. The summed E-state index contributed by atoms with van der Waals surface area (Å²) in [5.41, 5.74) is 1.29. The molecular weight excluding hydrogens is 254 g/mol.